The van der Waals surface area contributed by atoms with Gasteiger partial charge in [-0.3, -0.25) is 14.5 Å². The molecular weight excluding hydrogens is 316 g/mol. The number of aromatic nitrogens is 2. The third kappa shape index (κ3) is 4.45. The van der Waals surface area contributed by atoms with Crippen molar-refractivity contribution >= 4 is 16.8 Å². The molecule has 0 spiro atoms. The zero-order valence-electron chi connectivity index (χ0n) is 14.8. The summed E-state index contributed by atoms with van der Waals surface area (Å²) in [6.07, 6.45) is 4.02. The van der Waals surface area contributed by atoms with Crippen LogP contribution < -0.4 is 10.9 Å². The van der Waals surface area contributed by atoms with Crippen molar-refractivity contribution < 1.29 is 4.79 Å². The lowest BCUT2D eigenvalue weighted by atomic mass is 9.97. The highest BCUT2D eigenvalue weighted by Crippen LogP contribution is 2.18. The number of piperidine rings is 1. The van der Waals surface area contributed by atoms with Crippen molar-refractivity contribution in [2.24, 2.45) is 5.92 Å². The van der Waals surface area contributed by atoms with Gasteiger partial charge < -0.3 is 10.3 Å². The second kappa shape index (κ2) is 8.25. The fourth-order valence-electron chi connectivity index (χ4n) is 3.37. The molecule has 0 radical (unpaired) electrons. The number of fused-ring (bicyclic) bond motifs is 1. The van der Waals surface area contributed by atoms with Gasteiger partial charge in [-0.1, -0.05) is 25.5 Å². The van der Waals surface area contributed by atoms with Gasteiger partial charge in [-0.2, -0.15) is 0 Å². The molecular formula is C19H26N4O2. The van der Waals surface area contributed by atoms with Crippen molar-refractivity contribution in [1.29, 1.82) is 0 Å². The maximum atomic E-state index is 12.3. The van der Waals surface area contributed by atoms with Gasteiger partial charge in [0.2, 0.25) is 5.91 Å². The number of hydrogen-bond donors (Lipinski definition) is 2. The van der Waals surface area contributed by atoms with Crippen LogP contribution >= 0.6 is 0 Å². The van der Waals surface area contributed by atoms with Gasteiger partial charge in [0.15, 0.2) is 0 Å². The molecule has 1 aromatic heterocycles. The van der Waals surface area contributed by atoms with E-state index < -0.39 is 0 Å². The summed E-state index contributed by atoms with van der Waals surface area (Å²) < 4.78 is 0. The third-order valence-corrected chi connectivity index (χ3v) is 4.74. The highest BCUT2D eigenvalue weighted by molar-refractivity contribution is 5.79. The van der Waals surface area contributed by atoms with Crippen molar-refractivity contribution in [3.05, 3.63) is 40.4 Å². The number of para-hydroxylation sites is 1. The molecule has 1 atom stereocenters. The van der Waals surface area contributed by atoms with Gasteiger partial charge in [-0.15, -0.1) is 0 Å². The van der Waals surface area contributed by atoms with Crippen LogP contribution in [-0.2, 0) is 11.3 Å². The summed E-state index contributed by atoms with van der Waals surface area (Å²) >= 11 is 0. The SMILES string of the molecule is CCCCNC(=O)[C@H]1CCCN(Cc2nc3ccccc3c(=O)[nH]2)C1. The van der Waals surface area contributed by atoms with Gasteiger partial charge in [0.25, 0.3) is 5.56 Å². The summed E-state index contributed by atoms with van der Waals surface area (Å²) in [5.74, 6) is 0.839. The second-order valence-electron chi connectivity index (χ2n) is 6.75. The number of carbonyl (C=O) groups is 1. The smallest absolute Gasteiger partial charge is 0.258 e. The summed E-state index contributed by atoms with van der Waals surface area (Å²) in [4.78, 5) is 34.1. The molecule has 6 nitrogen and oxygen atoms in total. The van der Waals surface area contributed by atoms with E-state index in [1.807, 2.05) is 18.2 Å². The van der Waals surface area contributed by atoms with Crippen LogP contribution in [0.25, 0.3) is 10.9 Å². The molecule has 0 unspecified atom stereocenters. The van der Waals surface area contributed by atoms with Gasteiger partial charge >= 0.3 is 0 Å². The van der Waals surface area contributed by atoms with E-state index in [1.165, 1.54) is 0 Å². The molecule has 1 saturated heterocycles. The molecule has 2 N–H and O–H groups in total. The van der Waals surface area contributed by atoms with E-state index in [1.54, 1.807) is 6.07 Å². The molecule has 1 aromatic carbocycles. The molecule has 2 aromatic rings. The number of carbonyl (C=O) groups excluding carboxylic acids is 1. The van der Waals surface area contributed by atoms with Crippen LogP contribution in [0.3, 0.4) is 0 Å². The normalized spacial score (nSPS) is 18.4. The van der Waals surface area contributed by atoms with Gasteiger partial charge in [0.1, 0.15) is 5.82 Å². The van der Waals surface area contributed by atoms with E-state index in [0.29, 0.717) is 29.8 Å². The van der Waals surface area contributed by atoms with Crippen LogP contribution in [0, 0.1) is 5.92 Å². The summed E-state index contributed by atoms with van der Waals surface area (Å²) in [6, 6.07) is 7.36. The average molecular weight is 342 g/mol. The van der Waals surface area contributed by atoms with Crippen molar-refractivity contribution in [2.45, 2.75) is 39.2 Å². The first-order valence-electron chi connectivity index (χ1n) is 9.15. The van der Waals surface area contributed by atoms with Gasteiger partial charge in [-0.05, 0) is 37.9 Å². The molecule has 25 heavy (non-hydrogen) atoms. The summed E-state index contributed by atoms with van der Waals surface area (Å²) in [5, 5.41) is 3.64. The minimum atomic E-state index is -0.105. The van der Waals surface area contributed by atoms with Crippen LogP contribution in [0.15, 0.2) is 29.1 Å². The lowest BCUT2D eigenvalue weighted by molar-refractivity contribution is -0.126. The summed E-state index contributed by atoms with van der Waals surface area (Å²) in [6.45, 7) is 5.08. The first kappa shape index (κ1) is 17.6. The van der Waals surface area contributed by atoms with E-state index in [9.17, 15) is 9.59 Å². The van der Waals surface area contributed by atoms with Crippen molar-refractivity contribution in [3.63, 3.8) is 0 Å². The number of aromatic amines is 1. The van der Waals surface area contributed by atoms with Gasteiger partial charge in [-0.25, -0.2) is 4.98 Å². The number of benzene rings is 1. The van der Waals surface area contributed by atoms with E-state index >= 15 is 0 Å². The molecule has 0 aliphatic carbocycles. The molecule has 1 aliphatic rings. The monoisotopic (exact) mass is 342 g/mol. The Bertz CT molecular complexity index is 786. The zero-order valence-corrected chi connectivity index (χ0v) is 14.8. The topological polar surface area (TPSA) is 78.1 Å². The molecule has 134 valence electrons. The van der Waals surface area contributed by atoms with E-state index in [4.69, 9.17) is 0 Å². The molecule has 0 bridgehead atoms. The fraction of sp³-hybridized carbons (Fsp3) is 0.526. The minimum absolute atomic E-state index is 0.0257. The van der Waals surface area contributed by atoms with Crippen molar-refractivity contribution in [3.8, 4) is 0 Å². The standard InChI is InChI=1S/C19H26N4O2/c1-2-3-10-20-18(24)14-7-6-11-23(12-14)13-17-21-16-9-5-4-8-15(16)19(25)22-17/h4-5,8-9,14H,2-3,6-7,10-13H2,1H3,(H,20,24)(H,21,22,25)/t14-/m0/s1. The molecule has 3 rings (SSSR count). The highest BCUT2D eigenvalue weighted by Gasteiger charge is 2.25. The predicted octanol–water partition coefficient (Wildman–Crippen LogP) is 2.05. The molecule has 0 saturated carbocycles. The first-order chi connectivity index (χ1) is 12.2. The van der Waals surface area contributed by atoms with Crippen LogP contribution in [0.2, 0.25) is 0 Å². The second-order valence-corrected chi connectivity index (χ2v) is 6.75. The Morgan fingerprint density at radius 1 is 1.40 bits per heavy atom. The lowest BCUT2D eigenvalue weighted by Crippen LogP contribution is -2.43. The van der Waals surface area contributed by atoms with Crippen LogP contribution in [0.5, 0.6) is 0 Å². The van der Waals surface area contributed by atoms with Crippen LogP contribution in [0.4, 0.5) is 0 Å². The number of nitrogens with zero attached hydrogens (tertiary/aromatic N) is 2. The maximum Gasteiger partial charge on any atom is 0.258 e. The van der Waals surface area contributed by atoms with Crippen molar-refractivity contribution in [2.75, 3.05) is 19.6 Å². The Labute approximate surface area is 147 Å². The Morgan fingerprint density at radius 2 is 2.24 bits per heavy atom. The number of likely N-dealkylation sites (tertiary alicyclic amines) is 1. The number of rotatable bonds is 6. The number of amides is 1. The fourth-order valence-corrected chi connectivity index (χ4v) is 3.37. The Hall–Kier alpha value is -2.21. The average Bonchev–Trinajstić information content (AvgIpc) is 2.62. The van der Waals surface area contributed by atoms with Crippen LogP contribution in [0.1, 0.15) is 38.4 Å². The maximum absolute atomic E-state index is 12.3. The molecule has 2 heterocycles. The number of nitrogens with one attached hydrogen (secondary N) is 2. The summed E-state index contributed by atoms with van der Waals surface area (Å²) in [7, 11) is 0. The van der Waals surface area contributed by atoms with E-state index in [2.05, 4.69) is 27.1 Å². The van der Waals surface area contributed by atoms with Crippen LogP contribution in [-0.4, -0.2) is 40.4 Å². The van der Waals surface area contributed by atoms with E-state index in [-0.39, 0.29) is 17.4 Å². The summed E-state index contributed by atoms with van der Waals surface area (Å²) in [5.41, 5.74) is 0.610. The molecule has 1 aliphatic heterocycles. The predicted molar refractivity (Wildman–Crippen MR) is 98.3 cm³/mol. The highest BCUT2D eigenvalue weighted by atomic mass is 16.2. The van der Waals surface area contributed by atoms with Crippen molar-refractivity contribution in [1.82, 2.24) is 20.2 Å². The molecule has 6 heteroatoms. The van der Waals surface area contributed by atoms with Gasteiger partial charge in [0.05, 0.1) is 23.4 Å². The Morgan fingerprint density at radius 3 is 3.08 bits per heavy atom. The first-order valence-corrected chi connectivity index (χ1v) is 9.15. The number of H-pyrrole nitrogens is 1. The Balaban J connectivity index is 1.64. The zero-order chi connectivity index (χ0) is 17.6. The number of hydrogen-bond acceptors (Lipinski definition) is 4. The Kier molecular flexibility index (Phi) is 5.81. The van der Waals surface area contributed by atoms with E-state index in [0.717, 1.165) is 38.8 Å². The minimum Gasteiger partial charge on any atom is -0.356 e. The largest absolute Gasteiger partial charge is 0.356 e. The lowest BCUT2D eigenvalue weighted by Gasteiger charge is -2.31. The quantitative estimate of drug-likeness (QED) is 0.788. The number of unbranched alkanes of at least 4 members (excludes halogenated alkanes) is 1. The third-order valence-electron chi connectivity index (χ3n) is 4.74. The molecule has 1 amide bonds. The van der Waals surface area contributed by atoms with Gasteiger partial charge in [0, 0.05) is 13.1 Å². The molecule has 1 fully saturated rings.